The molecule has 144 valence electrons. The summed E-state index contributed by atoms with van der Waals surface area (Å²) in [7, 11) is 0. The van der Waals surface area contributed by atoms with Crippen molar-refractivity contribution in [3.05, 3.63) is 83.3 Å². The molecule has 0 amide bonds. The second-order valence-electron chi connectivity index (χ2n) is 6.34. The van der Waals surface area contributed by atoms with Gasteiger partial charge in [-0.3, -0.25) is 0 Å². The summed E-state index contributed by atoms with van der Waals surface area (Å²) in [6, 6.07) is 14.2. The van der Waals surface area contributed by atoms with Crippen LogP contribution in [0.2, 0.25) is 0 Å². The van der Waals surface area contributed by atoms with E-state index in [1.807, 2.05) is 38.1 Å². The van der Waals surface area contributed by atoms with E-state index in [0.29, 0.717) is 11.5 Å². The number of allylic oxidation sites excluding steroid dienone is 3. The van der Waals surface area contributed by atoms with E-state index < -0.39 is 12.1 Å². The maximum Gasteiger partial charge on any atom is 0.398 e. The van der Waals surface area contributed by atoms with Crippen molar-refractivity contribution in [1.82, 2.24) is 0 Å². The molecule has 2 aromatic rings. The van der Waals surface area contributed by atoms with E-state index in [1.165, 1.54) is 6.08 Å². The predicted molar refractivity (Wildman–Crippen MR) is 101 cm³/mol. The van der Waals surface area contributed by atoms with Crippen LogP contribution in [0.1, 0.15) is 25.0 Å². The van der Waals surface area contributed by atoms with Gasteiger partial charge in [0.15, 0.2) is 0 Å². The highest BCUT2D eigenvalue weighted by Gasteiger charge is 2.40. The first-order valence-corrected chi connectivity index (χ1v) is 8.62. The summed E-state index contributed by atoms with van der Waals surface area (Å²) < 4.78 is 51.3. The van der Waals surface area contributed by atoms with Crippen molar-refractivity contribution in [1.29, 1.82) is 0 Å². The lowest BCUT2D eigenvalue weighted by atomic mass is 10.1. The van der Waals surface area contributed by atoms with Gasteiger partial charge in [0.05, 0.1) is 0 Å². The Morgan fingerprint density at radius 3 is 1.89 bits per heavy atom. The van der Waals surface area contributed by atoms with Gasteiger partial charge >= 0.3 is 6.18 Å². The van der Waals surface area contributed by atoms with E-state index >= 15 is 0 Å². The molecule has 0 aliphatic carbocycles. The van der Waals surface area contributed by atoms with Crippen LogP contribution in [0.15, 0.2) is 72.2 Å². The first-order chi connectivity index (χ1) is 12.7. The molecule has 0 spiro atoms. The van der Waals surface area contributed by atoms with Crippen LogP contribution in [-0.4, -0.2) is 6.18 Å². The molecule has 0 unspecified atom stereocenters. The largest absolute Gasteiger partial charge is 0.461 e. The molecule has 0 saturated carbocycles. The average molecular weight is 376 g/mol. The van der Waals surface area contributed by atoms with Crippen molar-refractivity contribution in [2.24, 2.45) is 5.92 Å². The summed E-state index contributed by atoms with van der Waals surface area (Å²) in [4.78, 5) is 0. The van der Waals surface area contributed by atoms with Gasteiger partial charge in [-0.1, -0.05) is 24.3 Å². The predicted octanol–water partition coefficient (Wildman–Crippen LogP) is 6.75. The third kappa shape index (κ3) is 6.20. The topological polar surface area (TPSA) is 18.5 Å². The summed E-state index contributed by atoms with van der Waals surface area (Å²) in [6.07, 6.45) is -1.54. The Hall–Kier alpha value is -2.69. The summed E-state index contributed by atoms with van der Waals surface area (Å²) in [5, 5.41) is 0. The number of hydrogen-bond donors (Lipinski definition) is 0. The zero-order valence-corrected chi connectivity index (χ0v) is 15.8. The van der Waals surface area contributed by atoms with Crippen LogP contribution in [0, 0.1) is 19.8 Å². The third-order valence-electron chi connectivity index (χ3n) is 3.94. The molecule has 0 radical (unpaired) electrons. The molecule has 0 aliphatic rings. The maximum atomic E-state index is 13.3. The van der Waals surface area contributed by atoms with Crippen LogP contribution in [0.3, 0.4) is 0 Å². The van der Waals surface area contributed by atoms with Crippen molar-refractivity contribution in [3.8, 4) is 11.5 Å². The van der Waals surface area contributed by atoms with Crippen LogP contribution in [-0.2, 0) is 0 Å². The maximum absolute atomic E-state index is 13.3. The van der Waals surface area contributed by atoms with Crippen LogP contribution < -0.4 is 9.47 Å². The second kappa shape index (κ2) is 8.80. The molecule has 0 aliphatic heterocycles. The van der Waals surface area contributed by atoms with Crippen molar-refractivity contribution in [2.45, 2.75) is 33.9 Å². The minimum atomic E-state index is -4.43. The average Bonchev–Trinajstić information content (AvgIpc) is 2.59. The summed E-state index contributed by atoms with van der Waals surface area (Å²) in [6.45, 7) is 6.53. The standard InChI is InChI=1S/C22H23F3O2/c1-5-18(26-19-10-6-8-15(2)12-19)14-21(17(4)22(23,24)25)27-20-11-7-9-16(3)13-20/h5-14,17H,1-4H3/b18-5+,21-14+/t17-/m0/s1. The van der Waals surface area contributed by atoms with E-state index in [-0.39, 0.29) is 11.5 Å². The van der Waals surface area contributed by atoms with E-state index in [4.69, 9.17) is 9.47 Å². The highest BCUT2D eigenvalue weighted by Crippen LogP contribution is 2.34. The summed E-state index contributed by atoms with van der Waals surface area (Å²) >= 11 is 0. The van der Waals surface area contributed by atoms with Gasteiger partial charge in [0.2, 0.25) is 0 Å². The molecular formula is C22H23F3O2. The zero-order chi connectivity index (χ0) is 20.0. The Morgan fingerprint density at radius 1 is 0.926 bits per heavy atom. The van der Waals surface area contributed by atoms with Crippen LogP contribution >= 0.6 is 0 Å². The number of alkyl halides is 3. The molecule has 2 aromatic carbocycles. The Balaban J connectivity index is 2.34. The number of aryl methyl sites for hydroxylation is 2. The van der Waals surface area contributed by atoms with Crippen molar-refractivity contribution in [3.63, 3.8) is 0 Å². The smallest absolute Gasteiger partial charge is 0.398 e. The zero-order valence-electron chi connectivity index (χ0n) is 15.8. The highest BCUT2D eigenvalue weighted by atomic mass is 19.4. The molecule has 2 rings (SSSR count). The quantitative estimate of drug-likeness (QED) is 0.410. The van der Waals surface area contributed by atoms with Crippen molar-refractivity contribution >= 4 is 0 Å². The molecular weight excluding hydrogens is 353 g/mol. The highest BCUT2D eigenvalue weighted by molar-refractivity contribution is 5.33. The lowest BCUT2D eigenvalue weighted by Crippen LogP contribution is -2.24. The second-order valence-corrected chi connectivity index (χ2v) is 6.34. The number of halogens is 3. The minimum absolute atomic E-state index is 0.228. The molecule has 0 bridgehead atoms. The van der Waals surface area contributed by atoms with Gasteiger partial charge in [0, 0.05) is 6.08 Å². The lowest BCUT2D eigenvalue weighted by molar-refractivity contribution is -0.165. The fourth-order valence-electron chi connectivity index (χ4n) is 2.35. The van der Waals surface area contributed by atoms with Crippen LogP contribution in [0.4, 0.5) is 13.2 Å². The molecule has 27 heavy (non-hydrogen) atoms. The van der Waals surface area contributed by atoms with Crippen LogP contribution in [0.5, 0.6) is 11.5 Å². The Kier molecular flexibility index (Phi) is 6.72. The Bertz CT molecular complexity index is 835. The fourth-order valence-corrected chi connectivity index (χ4v) is 2.35. The Morgan fingerprint density at radius 2 is 1.44 bits per heavy atom. The third-order valence-corrected chi connectivity index (χ3v) is 3.94. The van der Waals surface area contributed by atoms with E-state index in [2.05, 4.69) is 0 Å². The number of rotatable bonds is 6. The molecule has 0 fully saturated rings. The SMILES string of the molecule is C/C=C(\C=C(\Oc1cccc(C)c1)[C@H](C)C(F)(F)F)Oc1cccc(C)c1. The molecule has 0 saturated heterocycles. The first-order valence-electron chi connectivity index (χ1n) is 8.62. The number of ether oxygens (including phenoxy) is 2. The normalized spacial score (nSPS) is 14.0. The van der Waals surface area contributed by atoms with Gasteiger partial charge in [-0.2, -0.15) is 13.2 Å². The summed E-state index contributed by atoms with van der Waals surface area (Å²) in [5.74, 6) is -0.834. The van der Waals surface area contributed by atoms with E-state index in [1.54, 1.807) is 37.3 Å². The molecule has 2 nitrogen and oxygen atoms in total. The monoisotopic (exact) mass is 376 g/mol. The molecule has 1 atom stereocenters. The Labute approximate surface area is 157 Å². The van der Waals surface area contributed by atoms with Crippen molar-refractivity contribution in [2.75, 3.05) is 0 Å². The van der Waals surface area contributed by atoms with Gasteiger partial charge in [-0.15, -0.1) is 0 Å². The van der Waals surface area contributed by atoms with Gasteiger partial charge in [-0.05, 0) is 69.2 Å². The summed E-state index contributed by atoms with van der Waals surface area (Å²) in [5.41, 5.74) is 1.89. The minimum Gasteiger partial charge on any atom is -0.461 e. The lowest BCUT2D eigenvalue weighted by Gasteiger charge is -2.20. The van der Waals surface area contributed by atoms with Crippen molar-refractivity contribution < 1.29 is 22.6 Å². The molecule has 0 N–H and O–H groups in total. The first kappa shape index (κ1) is 20.6. The van der Waals surface area contributed by atoms with Gasteiger partial charge < -0.3 is 9.47 Å². The van der Waals surface area contributed by atoms with Crippen LogP contribution in [0.25, 0.3) is 0 Å². The molecule has 0 aromatic heterocycles. The number of hydrogen-bond acceptors (Lipinski definition) is 2. The van der Waals surface area contributed by atoms with E-state index in [9.17, 15) is 13.2 Å². The molecule has 5 heteroatoms. The molecule has 0 heterocycles. The fraction of sp³-hybridized carbons (Fsp3) is 0.273. The van der Waals surface area contributed by atoms with E-state index in [0.717, 1.165) is 18.1 Å². The van der Waals surface area contributed by atoms with Gasteiger partial charge in [-0.25, -0.2) is 0 Å². The van der Waals surface area contributed by atoms with Gasteiger partial charge in [0.1, 0.15) is 28.9 Å². The number of benzene rings is 2. The van der Waals surface area contributed by atoms with Gasteiger partial charge in [0.25, 0.3) is 0 Å².